The smallest absolute Gasteiger partial charge is 0.226 e. The van der Waals surface area contributed by atoms with E-state index in [0.717, 1.165) is 43.5 Å². The van der Waals surface area contributed by atoms with Crippen molar-refractivity contribution in [3.63, 3.8) is 0 Å². The summed E-state index contributed by atoms with van der Waals surface area (Å²) in [5.41, 5.74) is 3.97. The van der Waals surface area contributed by atoms with Crippen molar-refractivity contribution in [1.82, 2.24) is 15.3 Å². The number of carbonyl (C=O) groups excluding carboxylic acids is 1. The molecule has 4 unspecified atom stereocenters. The fourth-order valence-corrected chi connectivity index (χ4v) is 6.66. The van der Waals surface area contributed by atoms with E-state index in [4.69, 9.17) is 0 Å². The third kappa shape index (κ3) is 3.41. The second-order valence-electron chi connectivity index (χ2n) is 10.00. The number of nitrogens with zero attached hydrogens (tertiary/aromatic N) is 2. The Morgan fingerprint density at radius 3 is 2.87 bits per heavy atom. The number of aryl methyl sites for hydroxylation is 2. The predicted octanol–water partition coefficient (Wildman–Crippen LogP) is 3.25. The molecular formula is C25H31N3O3. The number of aliphatic hydroxyl groups excluding tert-OH is 1. The number of rotatable bonds is 3. The average Bonchev–Trinajstić information content (AvgIpc) is 3.04. The molecule has 0 spiro atoms. The van der Waals surface area contributed by atoms with Crippen LogP contribution in [0.2, 0.25) is 0 Å². The fraction of sp³-hybridized carbons (Fsp3) is 0.560. The summed E-state index contributed by atoms with van der Waals surface area (Å²) in [6, 6.07) is 5.79. The maximum atomic E-state index is 13.0. The van der Waals surface area contributed by atoms with E-state index < -0.39 is 6.10 Å². The van der Waals surface area contributed by atoms with Gasteiger partial charge in [-0.2, -0.15) is 0 Å². The van der Waals surface area contributed by atoms with Crippen molar-refractivity contribution in [1.29, 1.82) is 0 Å². The van der Waals surface area contributed by atoms with Crippen molar-refractivity contribution < 1.29 is 15.0 Å². The van der Waals surface area contributed by atoms with Crippen LogP contribution >= 0.6 is 0 Å². The molecule has 5 rings (SSSR count). The van der Waals surface area contributed by atoms with Gasteiger partial charge in [0.2, 0.25) is 5.91 Å². The van der Waals surface area contributed by atoms with Crippen LogP contribution < -0.4 is 5.32 Å². The molecule has 31 heavy (non-hydrogen) atoms. The minimum absolute atomic E-state index is 0.0804. The van der Waals surface area contributed by atoms with Gasteiger partial charge in [-0.1, -0.05) is 13.0 Å². The summed E-state index contributed by atoms with van der Waals surface area (Å²) in [6.45, 7) is 4.40. The third-order valence-electron chi connectivity index (χ3n) is 8.33. The second kappa shape index (κ2) is 7.59. The molecule has 6 nitrogen and oxygen atoms in total. The number of aliphatic hydroxyl groups is 1. The largest absolute Gasteiger partial charge is 0.508 e. The van der Waals surface area contributed by atoms with Crippen LogP contribution in [0.25, 0.3) is 0 Å². The van der Waals surface area contributed by atoms with E-state index in [1.165, 1.54) is 11.1 Å². The Labute approximate surface area is 183 Å². The Morgan fingerprint density at radius 1 is 1.26 bits per heavy atom. The molecule has 3 N–H and O–H groups in total. The van der Waals surface area contributed by atoms with Gasteiger partial charge in [0, 0.05) is 6.20 Å². The standard InChI is InChI=1S/C25H31N3O3/c1-14-11-27-16(12-26-14)13-28-24(31)21-10-22-20-5-3-15-9-17(29)4-6-18(15)19(20)7-8-25(22,2)23(21)30/h4,6,9,11-12,19-23,29-30H,3,5,7-8,10,13H2,1-2H3,(H,28,31)/t19?,20?,21?,22?,23-,25-/m0/s1. The molecule has 0 aliphatic heterocycles. The Morgan fingerprint density at radius 2 is 2.10 bits per heavy atom. The van der Waals surface area contributed by atoms with E-state index in [2.05, 4.69) is 28.3 Å². The molecule has 0 saturated heterocycles. The van der Waals surface area contributed by atoms with Gasteiger partial charge >= 0.3 is 0 Å². The highest BCUT2D eigenvalue weighted by Gasteiger charge is 2.59. The average molecular weight is 422 g/mol. The Hall–Kier alpha value is -2.47. The lowest BCUT2D eigenvalue weighted by Crippen LogP contribution is -2.45. The lowest BCUT2D eigenvalue weighted by atomic mass is 9.55. The molecular weight excluding hydrogens is 390 g/mol. The van der Waals surface area contributed by atoms with Crippen LogP contribution in [0.15, 0.2) is 30.6 Å². The van der Waals surface area contributed by atoms with Gasteiger partial charge in [-0.15, -0.1) is 0 Å². The fourth-order valence-electron chi connectivity index (χ4n) is 6.66. The Bertz CT molecular complexity index is 992. The van der Waals surface area contributed by atoms with Crippen LogP contribution in [0, 0.1) is 30.1 Å². The highest BCUT2D eigenvalue weighted by atomic mass is 16.3. The van der Waals surface area contributed by atoms with Crippen molar-refractivity contribution in [2.24, 2.45) is 23.2 Å². The molecule has 0 bridgehead atoms. The molecule has 1 heterocycles. The number of nitrogens with one attached hydrogen (secondary N) is 1. The summed E-state index contributed by atoms with van der Waals surface area (Å²) in [6.07, 6.45) is 7.46. The lowest BCUT2D eigenvalue weighted by Gasteiger charge is -2.50. The predicted molar refractivity (Wildman–Crippen MR) is 116 cm³/mol. The number of fused-ring (bicyclic) bond motifs is 5. The van der Waals surface area contributed by atoms with Gasteiger partial charge < -0.3 is 15.5 Å². The van der Waals surface area contributed by atoms with E-state index >= 15 is 0 Å². The van der Waals surface area contributed by atoms with Gasteiger partial charge in [0.05, 0.1) is 36.2 Å². The Kier molecular flexibility index (Phi) is 5.00. The summed E-state index contributed by atoms with van der Waals surface area (Å²) in [4.78, 5) is 21.6. The first-order valence-corrected chi connectivity index (χ1v) is 11.4. The zero-order valence-corrected chi connectivity index (χ0v) is 18.2. The van der Waals surface area contributed by atoms with Crippen molar-refractivity contribution in [2.45, 2.75) is 64.5 Å². The number of benzene rings is 1. The number of phenolic OH excluding ortho intramolecular Hbond substituents is 1. The van der Waals surface area contributed by atoms with E-state index in [-0.39, 0.29) is 17.2 Å². The maximum Gasteiger partial charge on any atom is 0.226 e. The summed E-state index contributed by atoms with van der Waals surface area (Å²) in [5, 5.41) is 24.1. The van der Waals surface area contributed by atoms with Gasteiger partial charge in [0.15, 0.2) is 0 Å². The quantitative estimate of drug-likeness (QED) is 0.707. The SMILES string of the molecule is Cc1cnc(CNC(=O)C2CC3C4CCc5cc(O)ccc5C4CC[C@]3(C)[C@H]2O)cn1. The molecule has 3 aliphatic rings. The van der Waals surface area contributed by atoms with Crippen LogP contribution in [-0.2, 0) is 17.8 Å². The molecule has 2 fully saturated rings. The zero-order chi connectivity index (χ0) is 21.8. The van der Waals surface area contributed by atoms with Crippen LogP contribution in [0.3, 0.4) is 0 Å². The molecule has 1 aromatic carbocycles. The summed E-state index contributed by atoms with van der Waals surface area (Å²) >= 11 is 0. The Balaban J connectivity index is 1.32. The minimum atomic E-state index is -0.622. The highest BCUT2D eigenvalue weighted by molar-refractivity contribution is 5.79. The van der Waals surface area contributed by atoms with E-state index in [1.54, 1.807) is 18.5 Å². The maximum absolute atomic E-state index is 13.0. The third-order valence-corrected chi connectivity index (χ3v) is 8.33. The van der Waals surface area contributed by atoms with Gasteiger partial charge in [-0.3, -0.25) is 14.8 Å². The van der Waals surface area contributed by atoms with Crippen LogP contribution in [0.1, 0.15) is 61.0 Å². The van der Waals surface area contributed by atoms with Crippen LogP contribution in [0.5, 0.6) is 5.75 Å². The van der Waals surface area contributed by atoms with Gasteiger partial charge in [-0.25, -0.2) is 0 Å². The first kappa shape index (κ1) is 20.4. The number of aromatic nitrogens is 2. The number of hydrogen-bond acceptors (Lipinski definition) is 5. The highest BCUT2D eigenvalue weighted by Crippen LogP contribution is 2.62. The summed E-state index contributed by atoms with van der Waals surface area (Å²) in [7, 11) is 0. The van der Waals surface area contributed by atoms with E-state index in [9.17, 15) is 15.0 Å². The molecule has 1 amide bonds. The molecule has 1 aromatic heterocycles. The number of aromatic hydroxyl groups is 1. The second-order valence-corrected chi connectivity index (χ2v) is 10.00. The van der Waals surface area contributed by atoms with E-state index in [0.29, 0.717) is 30.0 Å². The number of amides is 1. The van der Waals surface area contributed by atoms with Crippen molar-refractivity contribution in [3.05, 3.63) is 53.1 Å². The normalized spacial score (nSPS) is 33.8. The number of phenols is 1. The summed E-state index contributed by atoms with van der Waals surface area (Å²) < 4.78 is 0. The molecule has 0 radical (unpaired) electrons. The first-order chi connectivity index (χ1) is 14.9. The van der Waals surface area contributed by atoms with Crippen molar-refractivity contribution in [3.8, 4) is 5.75 Å². The monoisotopic (exact) mass is 421 g/mol. The topological polar surface area (TPSA) is 95.3 Å². The van der Waals surface area contributed by atoms with Crippen LogP contribution in [0.4, 0.5) is 0 Å². The van der Waals surface area contributed by atoms with Crippen molar-refractivity contribution in [2.75, 3.05) is 0 Å². The summed E-state index contributed by atoms with van der Waals surface area (Å²) in [5.74, 6) is 1.14. The lowest BCUT2D eigenvalue weighted by molar-refractivity contribution is -0.129. The van der Waals surface area contributed by atoms with Crippen molar-refractivity contribution >= 4 is 5.91 Å². The van der Waals surface area contributed by atoms with Gasteiger partial charge in [0.1, 0.15) is 5.75 Å². The van der Waals surface area contributed by atoms with Crippen LogP contribution in [-0.4, -0.2) is 32.2 Å². The van der Waals surface area contributed by atoms with Gasteiger partial charge in [0.25, 0.3) is 0 Å². The molecule has 3 aliphatic carbocycles. The van der Waals surface area contributed by atoms with Gasteiger partial charge in [-0.05, 0) is 85.5 Å². The molecule has 2 saturated carbocycles. The number of carbonyl (C=O) groups is 1. The zero-order valence-electron chi connectivity index (χ0n) is 18.2. The first-order valence-electron chi connectivity index (χ1n) is 11.4. The molecule has 164 valence electrons. The minimum Gasteiger partial charge on any atom is -0.508 e. The molecule has 2 aromatic rings. The van der Waals surface area contributed by atoms with E-state index in [1.807, 2.05) is 13.0 Å². The number of hydrogen-bond donors (Lipinski definition) is 3. The molecule has 6 heteroatoms. The molecule has 6 atom stereocenters.